The Labute approximate surface area is 217 Å². The number of benzene rings is 1. The summed E-state index contributed by atoms with van der Waals surface area (Å²) < 4.78 is 15.6. The van der Waals surface area contributed by atoms with Gasteiger partial charge in [0.1, 0.15) is 10.7 Å². The number of nitrogens with one attached hydrogen (secondary N) is 1. The first-order valence-electron chi connectivity index (χ1n) is 12.0. The Morgan fingerprint density at radius 1 is 1.14 bits per heavy atom. The van der Waals surface area contributed by atoms with Gasteiger partial charge in [-0.3, -0.25) is 14.9 Å². The summed E-state index contributed by atoms with van der Waals surface area (Å²) in [5.41, 5.74) is 1.28. The third-order valence-electron chi connectivity index (χ3n) is 6.08. The van der Waals surface area contributed by atoms with E-state index in [-0.39, 0.29) is 41.6 Å². The van der Waals surface area contributed by atoms with Gasteiger partial charge < -0.3 is 29.3 Å². The van der Waals surface area contributed by atoms with E-state index in [9.17, 15) is 24.5 Å². The largest absolute Gasteiger partial charge is 0.462 e. The fourth-order valence-electron chi connectivity index (χ4n) is 4.34. The van der Waals surface area contributed by atoms with Gasteiger partial charge >= 0.3 is 12.1 Å². The number of rotatable bonds is 7. The van der Waals surface area contributed by atoms with E-state index in [1.165, 1.54) is 28.4 Å². The lowest BCUT2D eigenvalue weighted by Crippen LogP contribution is -2.36. The first kappa shape index (κ1) is 26.4. The van der Waals surface area contributed by atoms with E-state index in [1.807, 2.05) is 4.90 Å². The second kappa shape index (κ2) is 11.6. The van der Waals surface area contributed by atoms with Crippen LogP contribution in [-0.4, -0.2) is 73.9 Å². The zero-order valence-electron chi connectivity index (χ0n) is 20.6. The third kappa shape index (κ3) is 5.67. The van der Waals surface area contributed by atoms with Gasteiger partial charge in [-0.15, -0.1) is 11.3 Å². The molecule has 1 N–H and O–H groups in total. The van der Waals surface area contributed by atoms with Crippen LogP contribution in [-0.2, 0) is 27.2 Å². The van der Waals surface area contributed by atoms with Crippen molar-refractivity contribution < 1.29 is 33.5 Å². The number of carbonyl (C=O) groups excluding carboxylic acids is 3. The van der Waals surface area contributed by atoms with Gasteiger partial charge in [-0.25, -0.2) is 9.59 Å². The Morgan fingerprint density at radius 3 is 2.54 bits per heavy atom. The molecule has 0 saturated carbocycles. The highest BCUT2D eigenvalue weighted by Gasteiger charge is 2.32. The monoisotopic (exact) mass is 532 g/mol. The van der Waals surface area contributed by atoms with Gasteiger partial charge in [0.15, 0.2) is 0 Å². The van der Waals surface area contributed by atoms with Crippen LogP contribution < -0.4 is 10.2 Å². The predicted octanol–water partition coefficient (Wildman–Crippen LogP) is 3.44. The van der Waals surface area contributed by atoms with E-state index in [2.05, 4.69) is 5.32 Å². The van der Waals surface area contributed by atoms with E-state index >= 15 is 0 Å². The Balaban J connectivity index is 1.62. The highest BCUT2D eigenvalue weighted by atomic mass is 32.1. The minimum absolute atomic E-state index is 0.0815. The molecular weight excluding hydrogens is 504 g/mol. The molecule has 1 saturated heterocycles. The van der Waals surface area contributed by atoms with Crippen LogP contribution >= 0.6 is 11.3 Å². The topological polar surface area (TPSA) is 141 Å². The Morgan fingerprint density at radius 2 is 1.86 bits per heavy atom. The minimum Gasteiger partial charge on any atom is -0.462 e. The number of hydrogen-bond donors (Lipinski definition) is 1. The first-order valence-corrected chi connectivity index (χ1v) is 12.8. The molecule has 37 heavy (non-hydrogen) atoms. The number of morpholine rings is 1. The Hall–Kier alpha value is -3.71. The average molecular weight is 533 g/mol. The molecule has 1 aromatic carbocycles. The third-order valence-corrected chi connectivity index (χ3v) is 7.21. The number of nitro groups is 1. The lowest BCUT2D eigenvalue weighted by Gasteiger charge is -2.28. The second-order valence-corrected chi connectivity index (χ2v) is 9.42. The van der Waals surface area contributed by atoms with E-state index in [4.69, 9.17) is 14.2 Å². The van der Waals surface area contributed by atoms with Crippen LogP contribution in [0.25, 0.3) is 0 Å². The number of hydrogen-bond acceptors (Lipinski definition) is 10. The molecule has 12 nitrogen and oxygen atoms in total. The number of nitro benzene ring substituents is 1. The standard InChI is InChI=1S/C24H28N4O8S/c1-3-35-23(30)20-16-7-8-27(24(31)36-4-2)14-19(16)37-22(20)25-21(29)15-5-6-17(18(13-15)28(32)33)26-9-11-34-12-10-26/h5-6,13H,3-4,7-12,14H2,1-2H3,(H,25,29). The molecule has 2 amide bonds. The van der Waals surface area contributed by atoms with Crippen LogP contribution in [0.4, 0.5) is 21.2 Å². The number of nitrogens with zero attached hydrogens (tertiary/aromatic N) is 3. The van der Waals surface area contributed by atoms with Crippen molar-refractivity contribution >= 4 is 45.7 Å². The van der Waals surface area contributed by atoms with Crippen molar-refractivity contribution in [2.45, 2.75) is 26.8 Å². The van der Waals surface area contributed by atoms with Gasteiger partial charge in [-0.2, -0.15) is 0 Å². The second-order valence-electron chi connectivity index (χ2n) is 8.31. The van der Waals surface area contributed by atoms with Crippen LogP contribution in [0, 0.1) is 10.1 Å². The highest BCUT2D eigenvalue weighted by Crippen LogP contribution is 2.38. The van der Waals surface area contributed by atoms with Crippen LogP contribution in [0.2, 0.25) is 0 Å². The molecule has 0 atom stereocenters. The molecule has 0 spiro atoms. The summed E-state index contributed by atoms with van der Waals surface area (Å²) in [5, 5.41) is 14.8. The van der Waals surface area contributed by atoms with Gasteiger partial charge in [0.05, 0.1) is 43.5 Å². The van der Waals surface area contributed by atoms with Crippen molar-refractivity contribution in [3.63, 3.8) is 0 Å². The van der Waals surface area contributed by atoms with Crippen LogP contribution in [0.3, 0.4) is 0 Å². The lowest BCUT2D eigenvalue weighted by molar-refractivity contribution is -0.384. The van der Waals surface area contributed by atoms with E-state index < -0.39 is 22.9 Å². The molecule has 0 radical (unpaired) electrons. The normalized spacial score (nSPS) is 15.1. The van der Waals surface area contributed by atoms with Crippen molar-refractivity contribution in [2.24, 2.45) is 0 Å². The molecule has 13 heteroatoms. The molecule has 198 valence electrons. The van der Waals surface area contributed by atoms with E-state index in [0.717, 1.165) is 4.88 Å². The zero-order valence-corrected chi connectivity index (χ0v) is 21.4. The van der Waals surface area contributed by atoms with E-state index in [1.54, 1.807) is 19.9 Å². The van der Waals surface area contributed by atoms with Crippen LogP contribution in [0.15, 0.2) is 18.2 Å². The quantitative estimate of drug-likeness (QED) is 0.322. The minimum atomic E-state index is -0.594. The molecule has 2 aromatic rings. The number of fused-ring (bicyclic) bond motifs is 1. The average Bonchev–Trinajstić information content (AvgIpc) is 3.26. The lowest BCUT2D eigenvalue weighted by atomic mass is 10.0. The summed E-state index contributed by atoms with van der Waals surface area (Å²) in [4.78, 5) is 53.6. The molecule has 0 bridgehead atoms. The summed E-state index contributed by atoms with van der Waals surface area (Å²) in [6, 6.07) is 4.31. The maximum Gasteiger partial charge on any atom is 0.410 e. The highest BCUT2D eigenvalue weighted by molar-refractivity contribution is 7.17. The van der Waals surface area contributed by atoms with Crippen molar-refractivity contribution in [3.8, 4) is 0 Å². The number of thiophene rings is 1. The molecule has 2 aliphatic heterocycles. The Bertz CT molecular complexity index is 1210. The smallest absolute Gasteiger partial charge is 0.410 e. The number of amides is 2. The molecule has 0 unspecified atom stereocenters. The van der Waals surface area contributed by atoms with Gasteiger partial charge in [0.2, 0.25) is 0 Å². The number of anilines is 2. The van der Waals surface area contributed by atoms with Gasteiger partial charge in [-0.05, 0) is 38.0 Å². The van der Waals surface area contributed by atoms with Crippen molar-refractivity contribution in [2.75, 3.05) is 56.3 Å². The van der Waals surface area contributed by atoms with E-state index in [0.29, 0.717) is 50.5 Å². The number of carbonyl (C=O) groups is 3. The van der Waals surface area contributed by atoms with Crippen LogP contribution in [0.5, 0.6) is 0 Å². The molecule has 3 heterocycles. The number of esters is 1. The summed E-state index contributed by atoms with van der Waals surface area (Å²) in [7, 11) is 0. The van der Waals surface area contributed by atoms with Crippen LogP contribution in [0.1, 0.15) is 45.0 Å². The zero-order chi connectivity index (χ0) is 26.5. The molecule has 1 aromatic heterocycles. The number of ether oxygens (including phenoxy) is 3. The predicted molar refractivity (Wildman–Crippen MR) is 135 cm³/mol. The molecule has 2 aliphatic rings. The van der Waals surface area contributed by atoms with Crippen molar-refractivity contribution in [1.29, 1.82) is 0 Å². The van der Waals surface area contributed by atoms with Gasteiger partial charge in [0.25, 0.3) is 11.6 Å². The fraction of sp³-hybridized carbons (Fsp3) is 0.458. The maximum atomic E-state index is 13.2. The molecular formula is C24H28N4O8S. The summed E-state index contributed by atoms with van der Waals surface area (Å²) in [5.74, 6) is -1.17. The van der Waals surface area contributed by atoms with Crippen molar-refractivity contribution in [3.05, 3.63) is 49.9 Å². The SMILES string of the molecule is CCOC(=O)c1c(NC(=O)c2ccc(N3CCOCC3)c([N+](=O)[O-])c2)sc2c1CCN(C(=O)OCC)C2. The van der Waals surface area contributed by atoms with Gasteiger partial charge in [-0.1, -0.05) is 0 Å². The maximum absolute atomic E-state index is 13.2. The fourth-order valence-corrected chi connectivity index (χ4v) is 5.59. The summed E-state index contributed by atoms with van der Waals surface area (Å²) in [6.07, 6.45) is -0.0496. The first-order chi connectivity index (χ1) is 17.8. The summed E-state index contributed by atoms with van der Waals surface area (Å²) >= 11 is 1.18. The molecule has 4 rings (SSSR count). The van der Waals surface area contributed by atoms with Crippen molar-refractivity contribution in [1.82, 2.24) is 4.90 Å². The van der Waals surface area contributed by atoms with Gasteiger partial charge in [0, 0.05) is 36.1 Å². The Kier molecular flexibility index (Phi) is 8.24. The molecule has 0 aliphatic carbocycles. The molecule has 1 fully saturated rings. The summed E-state index contributed by atoms with van der Waals surface area (Å²) in [6.45, 7) is 6.37.